The van der Waals surface area contributed by atoms with E-state index < -0.39 is 93.2 Å². The monoisotopic (exact) mass is 652 g/mol. The van der Waals surface area contributed by atoms with Crippen LogP contribution in [0, 0.1) is 0 Å². The third-order valence-electron chi connectivity index (χ3n) is 5.25. The van der Waals surface area contributed by atoms with Gasteiger partial charge in [-0.3, -0.25) is 19.2 Å². The number of ether oxygens (including phenoxy) is 1. The molecule has 0 aromatic heterocycles. The second kappa shape index (κ2) is 14.1. The molecule has 2 aromatic carbocycles. The molecule has 0 bridgehead atoms. The molecule has 44 heavy (non-hydrogen) atoms. The Labute approximate surface area is 240 Å². The van der Waals surface area contributed by atoms with Gasteiger partial charge in [-0.15, -0.1) is 0 Å². The number of hydrogen-bond donors (Lipinski definition) is 0. The van der Waals surface area contributed by atoms with Crippen LogP contribution in [0.1, 0.15) is 70.2 Å². The van der Waals surface area contributed by atoms with Crippen LogP contribution < -0.4 is 0 Å². The average Bonchev–Trinajstić information content (AvgIpc) is 2.85. The van der Waals surface area contributed by atoms with Crippen molar-refractivity contribution in [1.29, 1.82) is 0 Å². The molecule has 2 aromatic rings. The Balaban J connectivity index is 0.000000447. The molecule has 0 radical (unpaired) electrons. The molecule has 0 saturated carbocycles. The van der Waals surface area contributed by atoms with Gasteiger partial charge in [-0.05, 0) is 51.1 Å². The second-order valence-corrected chi connectivity index (χ2v) is 8.69. The number of ketones is 4. The van der Waals surface area contributed by atoms with Gasteiger partial charge in [0.15, 0.2) is 17.3 Å². The fourth-order valence-electron chi connectivity index (χ4n) is 3.28. The van der Waals surface area contributed by atoms with Gasteiger partial charge in [-0.2, -0.15) is 52.7 Å². The molecule has 0 heterocycles. The third kappa shape index (κ3) is 10.5. The van der Waals surface area contributed by atoms with Gasteiger partial charge in [0.2, 0.25) is 0 Å². The molecule has 17 heteroatoms. The fraction of sp³-hybridized carbons (Fsp3) is 0.333. The van der Waals surface area contributed by atoms with Gasteiger partial charge in [-0.25, -0.2) is 0 Å². The van der Waals surface area contributed by atoms with Crippen molar-refractivity contribution < 1.29 is 76.6 Å². The van der Waals surface area contributed by atoms with Crippen LogP contribution in [0.2, 0.25) is 0 Å². The summed E-state index contributed by atoms with van der Waals surface area (Å²) in [6.45, 7) is 3.48. The molecule has 0 saturated heterocycles. The van der Waals surface area contributed by atoms with Crippen LogP contribution in [0.3, 0.4) is 0 Å². The summed E-state index contributed by atoms with van der Waals surface area (Å²) in [5, 5.41) is 0. The van der Waals surface area contributed by atoms with E-state index in [0.29, 0.717) is 30.5 Å². The molecule has 2 rings (SSSR count). The maximum absolute atomic E-state index is 13.0. The first-order valence-electron chi connectivity index (χ1n) is 11.8. The smallest absolute Gasteiger partial charge is 0.417 e. The normalized spacial score (nSPS) is 12.7. The van der Waals surface area contributed by atoms with Crippen molar-refractivity contribution in [3.63, 3.8) is 0 Å². The van der Waals surface area contributed by atoms with Gasteiger partial charge in [0, 0.05) is 11.1 Å². The summed E-state index contributed by atoms with van der Waals surface area (Å²) in [7, 11) is 0. The number of halogens is 12. The number of alkyl halides is 12. The molecule has 0 spiro atoms. The van der Waals surface area contributed by atoms with Crippen LogP contribution >= 0.6 is 0 Å². The number of carbonyl (C=O) groups excluding carboxylic acids is 4. The van der Waals surface area contributed by atoms with Crippen LogP contribution in [0.4, 0.5) is 52.7 Å². The summed E-state index contributed by atoms with van der Waals surface area (Å²) in [4.78, 5) is 45.8. The van der Waals surface area contributed by atoms with Crippen molar-refractivity contribution in [3.05, 3.63) is 81.6 Å². The van der Waals surface area contributed by atoms with E-state index in [-0.39, 0.29) is 18.7 Å². The van der Waals surface area contributed by atoms with Gasteiger partial charge >= 0.3 is 24.7 Å². The average molecular weight is 652 g/mol. The number of Topliss-reactive ketones (excluding diaryl/α,β-unsaturated/α-hetero) is 4. The summed E-state index contributed by atoms with van der Waals surface area (Å²) < 4.78 is 157. The Hall–Kier alpha value is -4.18. The number of benzene rings is 2. The highest BCUT2D eigenvalue weighted by Gasteiger charge is 2.41. The zero-order chi connectivity index (χ0) is 34.4. The first-order chi connectivity index (χ1) is 19.8. The highest BCUT2D eigenvalue weighted by atomic mass is 19.4. The summed E-state index contributed by atoms with van der Waals surface area (Å²) >= 11 is 0. The van der Waals surface area contributed by atoms with Crippen molar-refractivity contribution in [2.24, 2.45) is 0 Å². The predicted molar refractivity (Wildman–Crippen MR) is 127 cm³/mol. The molecule has 0 fully saturated rings. The molecule has 5 nitrogen and oxygen atoms in total. The SMILES string of the molecule is CC(=O)CC(=O)c1ccc(C(F)(F)F)cc1C(F)(F)F.CCOC=C(C(C)=O)C(=O)c1ccc(C(F)(F)F)cc1C(F)(F)F. The Morgan fingerprint density at radius 3 is 1.41 bits per heavy atom. The van der Waals surface area contributed by atoms with E-state index >= 15 is 0 Å². The lowest BCUT2D eigenvalue weighted by Crippen LogP contribution is -2.19. The van der Waals surface area contributed by atoms with E-state index in [1.165, 1.54) is 6.92 Å². The molecule has 0 amide bonds. The van der Waals surface area contributed by atoms with Crippen molar-refractivity contribution in [1.82, 2.24) is 0 Å². The number of hydrogen-bond acceptors (Lipinski definition) is 5. The van der Waals surface area contributed by atoms with E-state index in [9.17, 15) is 71.9 Å². The lowest BCUT2D eigenvalue weighted by molar-refractivity contribution is -0.144. The molecular formula is C27H20F12O5. The minimum Gasteiger partial charge on any atom is -0.501 e. The first kappa shape index (κ1) is 37.8. The van der Waals surface area contributed by atoms with Crippen LogP contribution in [-0.2, 0) is 39.0 Å². The van der Waals surface area contributed by atoms with Crippen molar-refractivity contribution in [2.45, 2.75) is 51.9 Å². The van der Waals surface area contributed by atoms with Crippen molar-refractivity contribution in [2.75, 3.05) is 6.61 Å². The molecule has 0 N–H and O–H groups in total. The number of allylic oxidation sites excluding steroid dienone is 1. The standard InChI is InChI=1S/C15H12F6O3.C12H8F6O2/c1-3-24-7-11(8(2)22)13(23)10-5-4-9(14(16,17)18)6-12(10)15(19,20)21;1-6(19)4-10(20)8-3-2-7(11(13,14)15)5-9(8)12(16,17)18/h4-7H,3H2,1-2H3;2-3,5H,4H2,1H3. The quantitative estimate of drug-likeness (QED) is 0.0717. The van der Waals surface area contributed by atoms with E-state index in [1.807, 2.05) is 0 Å². The molecule has 0 unspecified atom stereocenters. The van der Waals surface area contributed by atoms with Gasteiger partial charge in [0.05, 0.1) is 47.1 Å². The van der Waals surface area contributed by atoms with Crippen LogP contribution in [-0.4, -0.2) is 29.7 Å². The van der Waals surface area contributed by atoms with E-state index in [2.05, 4.69) is 0 Å². The van der Waals surface area contributed by atoms with Gasteiger partial charge in [0.1, 0.15) is 5.78 Å². The third-order valence-corrected chi connectivity index (χ3v) is 5.25. The Morgan fingerprint density at radius 1 is 0.659 bits per heavy atom. The van der Waals surface area contributed by atoms with E-state index in [0.717, 1.165) is 13.8 Å². The van der Waals surface area contributed by atoms with Crippen LogP contribution in [0.25, 0.3) is 0 Å². The molecule has 0 aliphatic carbocycles. The summed E-state index contributed by atoms with van der Waals surface area (Å²) in [6.07, 6.45) is -20.4. The second-order valence-electron chi connectivity index (χ2n) is 8.69. The zero-order valence-corrected chi connectivity index (χ0v) is 22.5. The first-order valence-corrected chi connectivity index (χ1v) is 11.8. The predicted octanol–water partition coefficient (Wildman–Crippen LogP) is 8.30. The fourth-order valence-corrected chi connectivity index (χ4v) is 3.28. The lowest BCUT2D eigenvalue weighted by Gasteiger charge is -2.15. The number of carbonyl (C=O) groups is 4. The summed E-state index contributed by atoms with van der Waals surface area (Å²) in [5.74, 6) is -4.08. The molecular weight excluding hydrogens is 632 g/mol. The van der Waals surface area contributed by atoms with E-state index in [1.54, 1.807) is 0 Å². The van der Waals surface area contributed by atoms with Gasteiger partial charge in [-0.1, -0.05) is 6.07 Å². The summed E-state index contributed by atoms with van der Waals surface area (Å²) in [6, 6.07) is 1.27. The van der Waals surface area contributed by atoms with Crippen LogP contribution in [0.5, 0.6) is 0 Å². The molecule has 0 aliphatic rings. The van der Waals surface area contributed by atoms with Crippen molar-refractivity contribution in [3.8, 4) is 0 Å². The Kier molecular flexibility index (Phi) is 12.1. The Morgan fingerprint density at radius 2 is 1.07 bits per heavy atom. The largest absolute Gasteiger partial charge is 0.501 e. The van der Waals surface area contributed by atoms with Crippen LogP contribution in [0.15, 0.2) is 48.2 Å². The topological polar surface area (TPSA) is 77.5 Å². The lowest BCUT2D eigenvalue weighted by atomic mass is 9.95. The minimum absolute atomic E-state index is 0.0448. The maximum Gasteiger partial charge on any atom is 0.417 e. The maximum atomic E-state index is 13.0. The van der Waals surface area contributed by atoms with E-state index in [4.69, 9.17) is 4.74 Å². The van der Waals surface area contributed by atoms with Gasteiger partial charge < -0.3 is 4.74 Å². The Bertz CT molecular complexity index is 1430. The zero-order valence-electron chi connectivity index (χ0n) is 22.5. The van der Waals surface area contributed by atoms with Crippen molar-refractivity contribution >= 4 is 23.1 Å². The highest BCUT2D eigenvalue weighted by molar-refractivity contribution is 6.26. The molecule has 242 valence electrons. The molecule has 0 aliphatic heterocycles. The number of rotatable bonds is 8. The highest BCUT2D eigenvalue weighted by Crippen LogP contribution is 2.39. The summed E-state index contributed by atoms with van der Waals surface area (Å²) in [5.41, 5.74) is -9.22. The molecule has 0 atom stereocenters. The minimum atomic E-state index is -5.21. The van der Waals surface area contributed by atoms with Gasteiger partial charge in [0.25, 0.3) is 0 Å².